The van der Waals surface area contributed by atoms with Gasteiger partial charge in [-0.25, -0.2) is 13.1 Å². The zero-order valence-electron chi connectivity index (χ0n) is 13.8. The van der Waals surface area contributed by atoms with Gasteiger partial charge in [0.2, 0.25) is 10.0 Å². The Balaban J connectivity index is 2.21. The minimum atomic E-state index is -3.25. The van der Waals surface area contributed by atoms with Crippen LogP contribution in [0.5, 0.6) is 0 Å². The third kappa shape index (κ3) is 4.96. The first kappa shape index (κ1) is 18.3. The summed E-state index contributed by atoms with van der Waals surface area (Å²) in [6, 6.07) is 5.82. The minimum Gasteiger partial charge on any atom is -0.334 e. The normalized spacial score (nSPS) is 18.9. The van der Waals surface area contributed by atoms with Gasteiger partial charge in [0, 0.05) is 29.6 Å². The molecule has 1 saturated heterocycles. The lowest BCUT2D eigenvalue weighted by atomic mass is 9.99. The van der Waals surface area contributed by atoms with Crippen LogP contribution in [0.4, 0.5) is 0 Å². The van der Waals surface area contributed by atoms with Gasteiger partial charge in [0.15, 0.2) is 0 Å². The standard InChI is InChI=1S/C16H24N2O3S2/c1-12-7-8-14(22-2)10-15(12)16(19)18-9-5-4-6-13(18)11-17-23(3,20)21/h7-8,10,13,17H,4-6,9,11H2,1-3H3. The lowest BCUT2D eigenvalue weighted by Crippen LogP contribution is -2.49. The molecule has 0 aliphatic carbocycles. The van der Waals surface area contributed by atoms with Crippen molar-refractivity contribution in [2.24, 2.45) is 0 Å². The maximum Gasteiger partial charge on any atom is 0.254 e. The van der Waals surface area contributed by atoms with Crippen LogP contribution in [-0.2, 0) is 10.0 Å². The molecule has 1 aliphatic heterocycles. The van der Waals surface area contributed by atoms with Gasteiger partial charge in [0.05, 0.1) is 6.26 Å². The molecule has 5 nitrogen and oxygen atoms in total. The van der Waals surface area contributed by atoms with Crippen LogP contribution in [0.2, 0.25) is 0 Å². The predicted octanol–water partition coefficient (Wildman–Crippen LogP) is 2.26. The Morgan fingerprint density at radius 1 is 1.39 bits per heavy atom. The molecule has 2 rings (SSSR count). The molecule has 1 aromatic carbocycles. The summed E-state index contributed by atoms with van der Waals surface area (Å²) < 4.78 is 25.2. The predicted molar refractivity (Wildman–Crippen MR) is 94.5 cm³/mol. The fraction of sp³-hybridized carbons (Fsp3) is 0.562. The van der Waals surface area contributed by atoms with Gasteiger partial charge in [-0.3, -0.25) is 4.79 Å². The molecule has 1 aliphatic rings. The Labute approximate surface area is 142 Å². The van der Waals surface area contributed by atoms with Gasteiger partial charge < -0.3 is 4.90 Å². The second kappa shape index (κ2) is 7.68. The molecule has 0 radical (unpaired) electrons. The van der Waals surface area contributed by atoms with Crippen molar-refractivity contribution in [1.82, 2.24) is 9.62 Å². The topological polar surface area (TPSA) is 66.5 Å². The Morgan fingerprint density at radius 3 is 2.78 bits per heavy atom. The number of aryl methyl sites for hydroxylation is 1. The fourth-order valence-corrected chi connectivity index (χ4v) is 3.78. The highest BCUT2D eigenvalue weighted by Gasteiger charge is 2.28. The summed E-state index contributed by atoms with van der Waals surface area (Å²) in [7, 11) is -3.25. The third-order valence-corrected chi connectivity index (χ3v) is 5.56. The minimum absolute atomic E-state index is 0.00148. The molecule has 0 aromatic heterocycles. The largest absolute Gasteiger partial charge is 0.334 e. The molecule has 1 unspecified atom stereocenters. The number of thioether (sulfide) groups is 1. The summed E-state index contributed by atoms with van der Waals surface area (Å²) in [6.45, 7) is 2.90. The molecule has 1 amide bonds. The van der Waals surface area contributed by atoms with Gasteiger partial charge in [-0.15, -0.1) is 11.8 Å². The second-order valence-electron chi connectivity index (χ2n) is 5.95. The van der Waals surface area contributed by atoms with Crippen LogP contribution < -0.4 is 4.72 Å². The van der Waals surface area contributed by atoms with E-state index in [4.69, 9.17) is 0 Å². The number of rotatable bonds is 5. The van der Waals surface area contributed by atoms with E-state index in [-0.39, 0.29) is 18.5 Å². The average molecular weight is 357 g/mol. The Kier molecular flexibility index (Phi) is 6.11. The maximum atomic E-state index is 13.0. The van der Waals surface area contributed by atoms with Gasteiger partial charge in [-0.1, -0.05) is 6.07 Å². The first-order valence-electron chi connectivity index (χ1n) is 7.72. The molecule has 0 bridgehead atoms. The van der Waals surface area contributed by atoms with Crippen LogP contribution in [0.25, 0.3) is 0 Å². The fourth-order valence-electron chi connectivity index (χ4n) is 2.84. The van der Waals surface area contributed by atoms with E-state index in [1.165, 1.54) is 0 Å². The number of amides is 1. The molecule has 1 heterocycles. The van der Waals surface area contributed by atoms with E-state index in [0.29, 0.717) is 12.1 Å². The molecular weight excluding hydrogens is 332 g/mol. The molecule has 128 valence electrons. The Bertz CT molecular complexity index is 674. The second-order valence-corrected chi connectivity index (χ2v) is 8.66. The molecule has 1 aromatic rings. The highest BCUT2D eigenvalue weighted by Crippen LogP contribution is 2.24. The number of benzene rings is 1. The molecule has 23 heavy (non-hydrogen) atoms. The van der Waals surface area contributed by atoms with Crippen molar-refractivity contribution in [3.63, 3.8) is 0 Å². The first-order valence-corrected chi connectivity index (χ1v) is 10.8. The lowest BCUT2D eigenvalue weighted by molar-refractivity contribution is 0.0618. The van der Waals surface area contributed by atoms with E-state index in [1.54, 1.807) is 11.8 Å². The van der Waals surface area contributed by atoms with Crippen LogP contribution >= 0.6 is 11.8 Å². The van der Waals surface area contributed by atoms with E-state index in [0.717, 1.165) is 36.0 Å². The number of hydrogen-bond donors (Lipinski definition) is 1. The summed E-state index contributed by atoms with van der Waals surface area (Å²) in [4.78, 5) is 15.8. The average Bonchev–Trinajstić information content (AvgIpc) is 2.52. The Hall–Kier alpha value is -1.05. The van der Waals surface area contributed by atoms with Crippen LogP contribution in [0.1, 0.15) is 35.2 Å². The van der Waals surface area contributed by atoms with Crippen molar-refractivity contribution >= 4 is 27.7 Å². The van der Waals surface area contributed by atoms with Crippen LogP contribution in [0.15, 0.2) is 23.1 Å². The first-order chi connectivity index (χ1) is 10.8. The van der Waals surface area contributed by atoms with Crippen molar-refractivity contribution in [2.75, 3.05) is 25.6 Å². The maximum absolute atomic E-state index is 13.0. The molecule has 0 saturated carbocycles. The highest BCUT2D eigenvalue weighted by molar-refractivity contribution is 7.98. The number of hydrogen-bond acceptors (Lipinski definition) is 4. The number of nitrogens with zero attached hydrogens (tertiary/aromatic N) is 1. The zero-order valence-corrected chi connectivity index (χ0v) is 15.5. The molecule has 1 N–H and O–H groups in total. The lowest BCUT2D eigenvalue weighted by Gasteiger charge is -2.36. The van der Waals surface area contributed by atoms with Crippen LogP contribution in [0, 0.1) is 6.92 Å². The summed E-state index contributed by atoms with van der Waals surface area (Å²) in [5.41, 5.74) is 1.66. The highest BCUT2D eigenvalue weighted by atomic mass is 32.2. The van der Waals surface area contributed by atoms with Crippen LogP contribution in [0.3, 0.4) is 0 Å². The van der Waals surface area contributed by atoms with Gasteiger partial charge in [0.25, 0.3) is 5.91 Å². The number of carbonyl (C=O) groups is 1. The van der Waals surface area contributed by atoms with Gasteiger partial charge in [-0.05, 0) is 50.1 Å². The number of piperidine rings is 1. The van der Waals surface area contributed by atoms with E-state index in [2.05, 4.69) is 4.72 Å². The molecule has 1 fully saturated rings. The Morgan fingerprint density at radius 2 is 2.13 bits per heavy atom. The number of nitrogens with one attached hydrogen (secondary N) is 1. The van der Waals surface area contributed by atoms with Crippen molar-refractivity contribution < 1.29 is 13.2 Å². The van der Waals surface area contributed by atoms with E-state index >= 15 is 0 Å². The van der Waals surface area contributed by atoms with Crippen LogP contribution in [-0.4, -0.2) is 50.9 Å². The van der Waals surface area contributed by atoms with E-state index in [9.17, 15) is 13.2 Å². The summed E-state index contributed by atoms with van der Waals surface area (Å²) >= 11 is 1.61. The van der Waals surface area contributed by atoms with E-state index in [1.807, 2.05) is 36.3 Å². The summed E-state index contributed by atoms with van der Waals surface area (Å²) in [5.74, 6) is -0.00148. The zero-order chi connectivity index (χ0) is 17.0. The quantitative estimate of drug-likeness (QED) is 0.822. The number of carbonyl (C=O) groups excluding carboxylic acids is 1. The number of sulfonamides is 1. The van der Waals surface area contributed by atoms with Crippen molar-refractivity contribution in [2.45, 2.75) is 37.1 Å². The monoisotopic (exact) mass is 356 g/mol. The summed E-state index contributed by atoms with van der Waals surface area (Å²) in [5, 5.41) is 0. The van der Waals surface area contributed by atoms with Crippen molar-refractivity contribution in [1.29, 1.82) is 0 Å². The SMILES string of the molecule is CSc1ccc(C)c(C(=O)N2CCCCC2CNS(C)(=O)=O)c1. The van der Waals surface area contributed by atoms with Crippen molar-refractivity contribution in [3.05, 3.63) is 29.3 Å². The third-order valence-electron chi connectivity index (χ3n) is 4.14. The molecular formula is C16H24N2O3S2. The summed E-state index contributed by atoms with van der Waals surface area (Å²) in [6.07, 6.45) is 5.94. The van der Waals surface area contributed by atoms with Gasteiger partial charge in [-0.2, -0.15) is 0 Å². The smallest absolute Gasteiger partial charge is 0.254 e. The number of likely N-dealkylation sites (tertiary alicyclic amines) is 1. The van der Waals surface area contributed by atoms with Gasteiger partial charge in [0.1, 0.15) is 0 Å². The van der Waals surface area contributed by atoms with Crippen molar-refractivity contribution in [3.8, 4) is 0 Å². The molecule has 7 heteroatoms. The van der Waals surface area contributed by atoms with E-state index < -0.39 is 10.0 Å². The van der Waals surface area contributed by atoms with Gasteiger partial charge >= 0.3 is 0 Å². The molecule has 0 spiro atoms. The molecule has 1 atom stereocenters.